The maximum atomic E-state index is 5.06. The molecule has 0 amide bonds. The zero-order valence-electron chi connectivity index (χ0n) is 12.0. The summed E-state index contributed by atoms with van der Waals surface area (Å²) in [5.41, 5.74) is 0. The molecule has 104 valence electrons. The molecule has 0 bridgehead atoms. The van der Waals surface area contributed by atoms with Crippen molar-refractivity contribution in [1.29, 1.82) is 0 Å². The minimum Gasteiger partial charge on any atom is -0.385 e. The fraction of sp³-hybridized carbons (Fsp3) is 0.786. The highest BCUT2D eigenvalue weighted by Gasteiger charge is 2.01. The third-order valence-corrected chi connectivity index (χ3v) is 2.95. The molecule has 1 aromatic heterocycles. The molecule has 1 heterocycles. The van der Waals surface area contributed by atoms with Crippen LogP contribution in [0.2, 0.25) is 0 Å². The molecule has 0 spiro atoms. The smallest absolute Gasteiger partial charge is 0.202 e. The van der Waals surface area contributed by atoms with Gasteiger partial charge in [0.15, 0.2) is 0 Å². The van der Waals surface area contributed by atoms with Crippen LogP contribution in [0.3, 0.4) is 0 Å². The highest BCUT2D eigenvalue weighted by molar-refractivity contribution is 5.25. The first-order valence-electron chi connectivity index (χ1n) is 6.98. The number of ether oxygens (including phenoxy) is 1. The molecule has 1 N–H and O–H groups in total. The van der Waals surface area contributed by atoms with Gasteiger partial charge in [-0.2, -0.15) is 0 Å². The van der Waals surface area contributed by atoms with Gasteiger partial charge < -0.3 is 14.6 Å². The molecule has 18 heavy (non-hydrogen) atoms. The lowest BCUT2D eigenvalue weighted by Crippen LogP contribution is -2.10. The fourth-order valence-corrected chi connectivity index (χ4v) is 1.91. The van der Waals surface area contributed by atoms with Crippen molar-refractivity contribution in [3.63, 3.8) is 0 Å². The SMILES string of the molecule is COCCCn1ccnc1NCCCCC(C)C. The quantitative estimate of drug-likeness (QED) is 0.651. The largest absolute Gasteiger partial charge is 0.385 e. The zero-order valence-corrected chi connectivity index (χ0v) is 12.0. The van der Waals surface area contributed by atoms with E-state index in [0.717, 1.165) is 38.0 Å². The van der Waals surface area contributed by atoms with Gasteiger partial charge in [0.05, 0.1) is 0 Å². The first-order chi connectivity index (χ1) is 8.74. The van der Waals surface area contributed by atoms with Crippen LogP contribution in [-0.2, 0) is 11.3 Å². The van der Waals surface area contributed by atoms with E-state index in [2.05, 4.69) is 28.7 Å². The molecule has 0 fully saturated rings. The summed E-state index contributed by atoms with van der Waals surface area (Å²) in [6.45, 7) is 7.31. The number of hydrogen-bond donors (Lipinski definition) is 1. The highest BCUT2D eigenvalue weighted by Crippen LogP contribution is 2.08. The number of imidazole rings is 1. The van der Waals surface area contributed by atoms with Crippen LogP contribution < -0.4 is 5.32 Å². The summed E-state index contributed by atoms with van der Waals surface area (Å²) in [5, 5.41) is 3.40. The molecule has 0 saturated carbocycles. The van der Waals surface area contributed by atoms with Crippen LogP contribution in [-0.4, -0.2) is 29.8 Å². The molecule has 0 saturated heterocycles. The van der Waals surface area contributed by atoms with Crippen molar-refractivity contribution in [3.05, 3.63) is 12.4 Å². The third-order valence-electron chi connectivity index (χ3n) is 2.95. The van der Waals surface area contributed by atoms with Crippen molar-refractivity contribution in [2.24, 2.45) is 5.92 Å². The van der Waals surface area contributed by atoms with Gasteiger partial charge in [0.2, 0.25) is 5.95 Å². The summed E-state index contributed by atoms with van der Waals surface area (Å²) in [6.07, 6.45) is 8.70. The number of hydrogen-bond acceptors (Lipinski definition) is 3. The summed E-state index contributed by atoms with van der Waals surface area (Å²) >= 11 is 0. The van der Waals surface area contributed by atoms with Crippen LogP contribution in [0, 0.1) is 5.92 Å². The Kier molecular flexibility index (Phi) is 7.49. The molecule has 0 aliphatic heterocycles. The molecule has 4 heteroatoms. The van der Waals surface area contributed by atoms with E-state index < -0.39 is 0 Å². The van der Waals surface area contributed by atoms with E-state index >= 15 is 0 Å². The fourth-order valence-electron chi connectivity index (χ4n) is 1.91. The van der Waals surface area contributed by atoms with E-state index in [1.165, 1.54) is 19.3 Å². The van der Waals surface area contributed by atoms with Crippen LogP contribution >= 0.6 is 0 Å². The Morgan fingerprint density at radius 1 is 1.33 bits per heavy atom. The molecule has 4 nitrogen and oxygen atoms in total. The van der Waals surface area contributed by atoms with Crippen molar-refractivity contribution in [2.75, 3.05) is 25.6 Å². The van der Waals surface area contributed by atoms with Crippen LogP contribution in [0.25, 0.3) is 0 Å². The Labute approximate surface area is 111 Å². The molecule has 0 unspecified atom stereocenters. The van der Waals surface area contributed by atoms with E-state index in [9.17, 15) is 0 Å². The van der Waals surface area contributed by atoms with Gasteiger partial charge in [0, 0.05) is 39.2 Å². The first kappa shape index (κ1) is 15.0. The molecule has 0 aliphatic rings. The highest BCUT2D eigenvalue weighted by atomic mass is 16.5. The predicted molar refractivity (Wildman–Crippen MR) is 75.9 cm³/mol. The maximum absolute atomic E-state index is 5.06. The van der Waals surface area contributed by atoms with Crippen molar-refractivity contribution in [1.82, 2.24) is 9.55 Å². The Morgan fingerprint density at radius 2 is 2.17 bits per heavy atom. The number of methoxy groups -OCH3 is 1. The Bertz CT molecular complexity index is 310. The van der Waals surface area contributed by atoms with Gasteiger partial charge >= 0.3 is 0 Å². The van der Waals surface area contributed by atoms with Crippen molar-refractivity contribution < 1.29 is 4.74 Å². The van der Waals surface area contributed by atoms with E-state index in [1.54, 1.807) is 7.11 Å². The van der Waals surface area contributed by atoms with E-state index in [-0.39, 0.29) is 0 Å². The van der Waals surface area contributed by atoms with Crippen LogP contribution in [0.1, 0.15) is 39.5 Å². The standard InChI is InChI=1S/C14H27N3O/c1-13(2)7-4-5-8-15-14-16-9-11-17(14)10-6-12-18-3/h9,11,13H,4-8,10,12H2,1-3H3,(H,15,16). The number of nitrogens with zero attached hydrogens (tertiary/aromatic N) is 2. The second-order valence-corrected chi connectivity index (χ2v) is 5.11. The molecule has 1 aromatic rings. The van der Waals surface area contributed by atoms with Gasteiger partial charge in [-0.1, -0.05) is 26.7 Å². The summed E-state index contributed by atoms with van der Waals surface area (Å²) in [7, 11) is 1.74. The van der Waals surface area contributed by atoms with Gasteiger partial charge in [-0.3, -0.25) is 0 Å². The predicted octanol–water partition coefficient (Wildman–Crippen LogP) is 3.16. The number of aromatic nitrogens is 2. The number of aryl methyl sites for hydroxylation is 1. The summed E-state index contributed by atoms with van der Waals surface area (Å²) in [4.78, 5) is 4.34. The van der Waals surface area contributed by atoms with E-state index in [4.69, 9.17) is 4.74 Å². The number of nitrogens with one attached hydrogen (secondary N) is 1. The van der Waals surface area contributed by atoms with Crippen LogP contribution in [0.5, 0.6) is 0 Å². The normalized spacial score (nSPS) is 11.1. The third kappa shape index (κ3) is 6.05. The first-order valence-corrected chi connectivity index (χ1v) is 6.98. The Morgan fingerprint density at radius 3 is 2.89 bits per heavy atom. The van der Waals surface area contributed by atoms with Crippen LogP contribution in [0.4, 0.5) is 5.95 Å². The second-order valence-electron chi connectivity index (χ2n) is 5.11. The van der Waals surface area contributed by atoms with E-state index in [1.807, 2.05) is 12.4 Å². The lowest BCUT2D eigenvalue weighted by Gasteiger charge is -2.10. The molecule has 0 aliphatic carbocycles. The zero-order chi connectivity index (χ0) is 13.2. The molecule has 1 rings (SSSR count). The summed E-state index contributed by atoms with van der Waals surface area (Å²) in [5.74, 6) is 1.79. The second kappa shape index (κ2) is 8.97. The Hall–Kier alpha value is -1.03. The summed E-state index contributed by atoms with van der Waals surface area (Å²) in [6, 6.07) is 0. The average Bonchev–Trinajstić information content (AvgIpc) is 2.76. The lowest BCUT2D eigenvalue weighted by atomic mass is 10.1. The van der Waals surface area contributed by atoms with Gasteiger partial charge in [-0.05, 0) is 18.8 Å². The van der Waals surface area contributed by atoms with Crippen molar-refractivity contribution in [2.45, 2.75) is 46.1 Å². The lowest BCUT2D eigenvalue weighted by molar-refractivity contribution is 0.190. The maximum Gasteiger partial charge on any atom is 0.202 e. The van der Waals surface area contributed by atoms with Gasteiger partial charge in [0.1, 0.15) is 0 Å². The van der Waals surface area contributed by atoms with Gasteiger partial charge in [-0.25, -0.2) is 4.98 Å². The molecule has 0 atom stereocenters. The average molecular weight is 253 g/mol. The summed E-state index contributed by atoms with van der Waals surface area (Å²) < 4.78 is 7.22. The monoisotopic (exact) mass is 253 g/mol. The minimum atomic E-state index is 0.798. The molecular weight excluding hydrogens is 226 g/mol. The number of anilines is 1. The molecule has 0 aromatic carbocycles. The van der Waals surface area contributed by atoms with Crippen molar-refractivity contribution >= 4 is 5.95 Å². The number of unbranched alkanes of at least 4 members (excludes halogenated alkanes) is 1. The molecular formula is C14H27N3O. The minimum absolute atomic E-state index is 0.798. The number of rotatable bonds is 10. The Balaban J connectivity index is 2.19. The van der Waals surface area contributed by atoms with Crippen LogP contribution in [0.15, 0.2) is 12.4 Å². The van der Waals surface area contributed by atoms with E-state index in [0.29, 0.717) is 0 Å². The van der Waals surface area contributed by atoms with Gasteiger partial charge in [-0.15, -0.1) is 0 Å². The van der Waals surface area contributed by atoms with Crippen molar-refractivity contribution in [3.8, 4) is 0 Å². The topological polar surface area (TPSA) is 39.1 Å². The molecule has 0 radical (unpaired) electrons. The van der Waals surface area contributed by atoms with Gasteiger partial charge in [0.25, 0.3) is 0 Å².